The first-order valence-electron chi connectivity index (χ1n) is 10.6. The summed E-state index contributed by atoms with van der Waals surface area (Å²) >= 11 is 0. The van der Waals surface area contributed by atoms with Crippen molar-refractivity contribution in [3.63, 3.8) is 0 Å². The maximum Gasteiger partial charge on any atom is 0.264 e. The van der Waals surface area contributed by atoms with E-state index in [1.807, 2.05) is 18.0 Å². The summed E-state index contributed by atoms with van der Waals surface area (Å²) in [6, 6.07) is 3.37. The number of carbonyl (C=O) groups excluding carboxylic acids is 1. The van der Waals surface area contributed by atoms with Crippen molar-refractivity contribution < 1.29 is 13.6 Å². The van der Waals surface area contributed by atoms with Crippen molar-refractivity contribution in [2.75, 3.05) is 18.5 Å². The SMILES string of the molecule is CNC(=O)c1cn(C)c2cnc(N3CCCc4cc(-c5cnn(C)c5)c(C(F)F)cc43)nc12. The maximum atomic E-state index is 14.1. The van der Waals surface area contributed by atoms with Crippen LogP contribution in [0.4, 0.5) is 20.4 Å². The fourth-order valence-electron chi connectivity index (χ4n) is 4.43. The van der Waals surface area contributed by atoms with Gasteiger partial charge in [-0.2, -0.15) is 5.10 Å². The van der Waals surface area contributed by atoms with Crippen LogP contribution in [0.25, 0.3) is 22.2 Å². The second-order valence-electron chi connectivity index (χ2n) is 8.16. The van der Waals surface area contributed by atoms with Crippen molar-refractivity contribution in [1.82, 2.24) is 29.6 Å². The Bertz CT molecular complexity index is 1370. The van der Waals surface area contributed by atoms with Crippen LogP contribution in [0.5, 0.6) is 0 Å². The number of anilines is 2. The van der Waals surface area contributed by atoms with E-state index in [-0.39, 0.29) is 11.5 Å². The van der Waals surface area contributed by atoms with Crippen LogP contribution < -0.4 is 10.2 Å². The number of rotatable bonds is 4. The van der Waals surface area contributed by atoms with Crippen LogP contribution in [0.1, 0.15) is 34.3 Å². The number of amides is 1. The zero-order valence-electron chi connectivity index (χ0n) is 18.5. The van der Waals surface area contributed by atoms with Gasteiger partial charge in [0, 0.05) is 56.9 Å². The molecule has 1 N–H and O–H groups in total. The second-order valence-corrected chi connectivity index (χ2v) is 8.16. The summed E-state index contributed by atoms with van der Waals surface area (Å²) in [7, 11) is 5.15. The molecule has 0 spiro atoms. The minimum absolute atomic E-state index is 0.0551. The molecule has 4 heterocycles. The number of hydrogen-bond acceptors (Lipinski definition) is 5. The van der Waals surface area contributed by atoms with Crippen molar-refractivity contribution in [1.29, 1.82) is 0 Å². The average molecular weight is 451 g/mol. The predicted molar refractivity (Wildman–Crippen MR) is 121 cm³/mol. The third-order valence-electron chi connectivity index (χ3n) is 6.05. The fraction of sp³-hybridized carbons (Fsp3) is 0.304. The number of nitrogens with one attached hydrogen (secondary N) is 1. The van der Waals surface area contributed by atoms with Crippen LogP contribution in [-0.2, 0) is 20.5 Å². The molecule has 5 rings (SSSR count). The van der Waals surface area contributed by atoms with Crippen molar-refractivity contribution in [3.8, 4) is 11.1 Å². The molecule has 0 saturated heterocycles. The second kappa shape index (κ2) is 7.95. The van der Waals surface area contributed by atoms with Gasteiger partial charge in [0.2, 0.25) is 5.95 Å². The van der Waals surface area contributed by atoms with Gasteiger partial charge in [-0.3, -0.25) is 9.48 Å². The summed E-state index contributed by atoms with van der Waals surface area (Å²) in [5, 5.41) is 6.76. The molecular weight excluding hydrogens is 428 g/mol. The highest BCUT2D eigenvalue weighted by Gasteiger charge is 2.26. The van der Waals surface area contributed by atoms with Gasteiger partial charge in [0.15, 0.2) is 0 Å². The molecule has 0 bridgehead atoms. The average Bonchev–Trinajstić information content (AvgIpc) is 3.40. The molecule has 1 aliphatic rings. The first kappa shape index (κ1) is 21.0. The van der Waals surface area contributed by atoms with Gasteiger partial charge in [0.1, 0.15) is 5.52 Å². The normalized spacial score (nSPS) is 13.6. The summed E-state index contributed by atoms with van der Waals surface area (Å²) in [6.45, 7) is 0.593. The van der Waals surface area contributed by atoms with E-state index >= 15 is 0 Å². The Morgan fingerprint density at radius 1 is 1.18 bits per heavy atom. The number of carbonyl (C=O) groups is 1. The van der Waals surface area contributed by atoms with Crippen molar-refractivity contribution in [2.45, 2.75) is 19.3 Å². The molecule has 1 aromatic carbocycles. The lowest BCUT2D eigenvalue weighted by Gasteiger charge is -2.31. The maximum absolute atomic E-state index is 14.1. The number of alkyl halides is 2. The van der Waals surface area contributed by atoms with Gasteiger partial charge in [-0.05, 0) is 36.1 Å². The smallest absolute Gasteiger partial charge is 0.264 e. The highest BCUT2D eigenvalue weighted by Crippen LogP contribution is 2.40. The molecular formula is C23H23F2N7O. The molecule has 10 heteroatoms. The standard InChI is InChI=1S/C23H23F2N7O/c1-26-22(33)17-12-30(2)19-10-27-23(29-20(17)19)32-6-4-5-13-7-15(14-9-28-31(3)11-14)16(21(24)25)8-18(13)32/h7-12,21H,4-6H2,1-3H3,(H,26,33). The fourth-order valence-corrected chi connectivity index (χ4v) is 4.43. The van der Waals surface area contributed by atoms with Gasteiger partial charge in [-0.25, -0.2) is 18.7 Å². The lowest BCUT2D eigenvalue weighted by molar-refractivity contribution is 0.0964. The molecule has 0 atom stereocenters. The van der Waals surface area contributed by atoms with Crippen LogP contribution in [0.3, 0.4) is 0 Å². The topological polar surface area (TPSA) is 80.9 Å². The van der Waals surface area contributed by atoms with Gasteiger partial charge >= 0.3 is 0 Å². The number of nitrogens with zero attached hydrogens (tertiary/aromatic N) is 6. The Hall–Kier alpha value is -3.82. The summed E-state index contributed by atoms with van der Waals surface area (Å²) in [6.07, 6.45) is 5.65. The van der Waals surface area contributed by atoms with Crippen LogP contribution in [0, 0.1) is 0 Å². The van der Waals surface area contributed by atoms with E-state index in [0.29, 0.717) is 40.4 Å². The van der Waals surface area contributed by atoms with Gasteiger partial charge in [-0.1, -0.05) is 0 Å². The molecule has 8 nitrogen and oxygen atoms in total. The third kappa shape index (κ3) is 3.51. The van der Waals surface area contributed by atoms with E-state index in [1.165, 1.54) is 0 Å². The summed E-state index contributed by atoms with van der Waals surface area (Å²) < 4.78 is 31.6. The lowest BCUT2D eigenvalue weighted by atomic mass is 9.93. The van der Waals surface area contributed by atoms with Crippen LogP contribution in [0.15, 0.2) is 36.9 Å². The molecule has 3 aromatic heterocycles. The third-order valence-corrected chi connectivity index (χ3v) is 6.05. The molecule has 1 aliphatic heterocycles. The minimum Gasteiger partial charge on any atom is -0.355 e. The molecule has 0 unspecified atom stereocenters. The highest BCUT2D eigenvalue weighted by molar-refractivity contribution is 6.05. The van der Waals surface area contributed by atoms with E-state index in [1.54, 1.807) is 54.2 Å². The van der Waals surface area contributed by atoms with Crippen LogP contribution in [0.2, 0.25) is 0 Å². The van der Waals surface area contributed by atoms with Crippen molar-refractivity contribution >= 4 is 28.6 Å². The number of fused-ring (bicyclic) bond motifs is 2. The quantitative estimate of drug-likeness (QED) is 0.511. The van der Waals surface area contributed by atoms with E-state index in [2.05, 4.69) is 20.4 Å². The number of benzene rings is 1. The molecule has 0 radical (unpaired) electrons. The Balaban J connectivity index is 1.64. The lowest BCUT2D eigenvalue weighted by Crippen LogP contribution is -2.27. The largest absolute Gasteiger partial charge is 0.355 e. The molecule has 0 aliphatic carbocycles. The zero-order chi connectivity index (χ0) is 23.3. The minimum atomic E-state index is -2.65. The Kier molecular flexibility index (Phi) is 5.07. The monoisotopic (exact) mass is 451 g/mol. The van der Waals surface area contributed by atoms with Crippen LogP contribution in [-0.4, -0.2) is 43.8 Å². The first-order valence-corrected chi connectivity index (χ1v) is 10.6. The molecule has 1 amide bonds. The van der Waals surface area contributed by atoms with E-state index in [9.17, 15) is 13.6 Å². The van der Waals surface area contributed by atoms with E-state index < -0.39 is 6.43 Å². The van der Waals surface area contributed by atoms with Gasteiger partial charge in [0.25, 0.3) is 12.3 Å². The first-order chi connectivity index (χ1) is 15.9. The number of halogens is 2. The Morgan fingerprint density at radius 3 is 2.70 bits per heavy atom. The number of aromatic nitrogens is 5. The molecule has 170 valence electrons. The highest BCUT2D eigenvalue weighted by atomic mass is 19.3. The molecule has 33 heavy (non-hydrogen) atoms. The van der Waals surface area contributed by atoms with Gasteiger partial charge in [0.05, 0.1) is 23.5 Å². The van der Waals surface area contributed by atoms with Crippen LogP contribution >= 0.6 is 0 Å². The summed E-state index contributed by atoms with van der Waals surface area (Å²) in [5.41, 5.74) is 4.39. The summed E-state index contributed by atoms with van der Waals surface area (Å²) in [4.78, 5) is 23.4. The number of hydrogen-bond donors (Lipinski definition) is 1. The molecule has 0 fully saturated rings. The zero-order valence-corrected chi connectivity index (χ0v) is 18.5. The summed E-state index contributed by atoms with van der Waals surface area (Å²) in [5.74, 6) is 0.138. The van der Waals surface area contributed by atoms with Crippen molar-refractivity contribution in [2.24, 2.45) is 14.1 Å². The predicted octanol–water partition coefficient (Wildman–Crippen LogP) is 3.75. The van der Waals surface area contributed by atoms with E-state index in [0.717, 1.165) is 23.9 Å². The van der Waals surface area contributed by atoms with E-state index in [4.69, 9.17) is 0 Å². The molecule has 0 saturated carbocycles. The Labute approximate surface area is 188 Å². The van der Waals surface area contributed by atoms with Crippen molar-refractivity contribution in [3.05, 3.63) is 53.6 Å². The van der Waals surface area contributed by atoms with Gasteiger partial charge < -0.3 is 14.8 Å². The van der Waals surface area contributed by atoms with Gasteiger partial charge in [-0.15, -0.1) is 0 Å². The number of aryl methyl sites for hydroxylation is 3. The Morgan fingerprint density at radius 2 is 2.00 bits per heavy atom. The molecule has 4 aromatic rings.